The van der Waals surface area contributed by atoms with Crippen LogP contribution in [0.5, 0.6) is 0 Å². The minimum atomic E-state index is -2.62. The van der Waals surface area contributed by atoms with Gasteiger partial charge in [0.1, 0.15) is 0 Å². The number of carbonyl (C=O) groups is 1. The first-order chi connectivity index (χ1) is 12.8. The van der Waals surface area contributed by atoms with Gasteiger partial charge in [-0.15, -0.1) is 0 Å². The van der Waals surface area contributed by atoms with Crippen molar-refractivity contribution < 1.29 is 18.7 Å². The summed E-state index contributed by atoms with van der Waals surface area (Å²) in [4.78, 5) is 11.7. The normalized spacial score (nSPS) is 13.2. The third-order valence-corrected chi connectivity index (χ3v) is 9.86. The fourth-order valence-electron chi connectivity index (χ4n) is 3.46. The molecule has 2 aromatic rings. The summed E-state index contributed by atoms with van der Waals surface area (Å²) in [6.07, 6.45) is -0.176. The molecular formula is C22H30O4Si. The first kappa shape index (κ1) is 21.3. The Bertz CT molecular complexity index is 671. The van der Waals surface area contributed by atoms with Gasteiger partial charge < -0.3 is 13.9 Å². The van der Waals surface area contributed by atoms with Gasteiger partial charge in [0.25, 0.3) is 8.32 Å². The van der Waals surface area contributed by atoms with Gasteiger partial charge in [-0.2, -0.15) is 0 Å². The Morgan fingerprint density at radius 1 is 0.926 bits per heavy atom. The molecular weight excluding hydrogens is 356 g/mol. The van der Waals surface area contributed by atoms with E-state index in [4.69, 9.17) is 13.9 Å². The van der Waals surface area contributed by atoms with Crippen molar-refractivity contribution in [2.75, 3.05) is 20.8 Å². The molecule has 0 saturated carbocycles. The first-order valence-corrected chi connectivity index (χ1v) is 11.1. The molecule has 0 heterocycles. The monoisotopic (exact) mass is 386 g/mol. The van der Waals surface area contributed by atoms with Crippen LogP contribution in [0.2, 0.25) is 5.04 Å². The van der Waals surface area contributed by atoms with Crippen molar-refractivity contribution in [3.05, 3.63) is 60.7 Å². The van der Waals surface area contributed by atoms with Crippen molar-refractivity contribution in [3.63, 3.8) is 0 Å². The second-order valence-electron chi connectivity index (χ2n) is 7.61. The van der Waals surface area contributed by atoms with E-state index in [2.05, 4.69) is 69.3 Å². The summed E-state index contributed by atoms with van der Waals surface area (Å²) in [5, 5.41) is 2.30. The minimum Gasteiger partial charge on any atom is -0.469 e. The zero-order valence-corrected chi connectivity index (χ0v) is 17.9. The molecule has 5 heteroatoms. The molecule has 2 rings (SSSR count). The Morgan fingerprint density at radius 2 is 1.41 bits per heavy atom. The van der Waals surface area contributed by atoms with E-state index in [1.165, 1.54) is 17.5 Å². The van der Waals surface area contributed by atoms with Crippen molar-refractivity contribution in [3.8, 4) is 0 Å². The summed E-state index contributed by atoms with van der Waals surface area (Å²) in [5.74, 6) is -0.298. The van der Waals surface area contributed by atoms with Gasteiger partial charge in [-0.05, 0) is 15.4 Å². The smallest absolute Gasteiger partial charge is 0.308 e. The van der Waals surface area contributed by atoms with Crippen LogP contribution in [-0.2, 0) is 18.7 Å². The maximum absolute atomic E-state index is 11.7. The highest BCUT2D eigenvalue weighted by Gasteiger charge is 2.50. The number of hydrogen-bond acceptors (Lipinski definition) is 4. The van der Waals surface area contributed by atoms with Crippen LogP contribution < -0.4 is 10.4 Å². The van der Waals surface area contributed by atoms with E-state index in [-0.39, 0.29) is 23.5 Å². The van der Waals surface area contributed by atoms with Crippen molar-refractivity contribution in [2.45, 2.75) is 38.3 Å². The highest BCUT2D eigenvalue weighted by Crippen LogP contribution is 2.36. The van der Waals surface area contributed by atoms with Gasteiger partial charge in [0, 0.05) is 7.11 Å². The van der Waals surface area contributed by atoms with Crippen molar-refractivity contribution >= 4 is 24.7 Å². The van der Waals surface area contributed by atoms with Crippen molar-refractivity contribution in [1.29, 1.82) is 0 Å². The lowest BCUT2D eigenvalue weighted by molar-refractivity contribution is -0.143. The van der Waals surface area contributed by atoms with Gasteiger partial charge >= 0.3 is 5.97 Å². The van der Waals surface area contributed by atoms with Crippen LogP contribution in [0.15, 0.2) is 60.7 Å². The first-order valence-electron chi connectivity index (χ1n) is 9.19. The molecule has 0 fully saturated rings. The van der Waals surface area contributed by atoms with Gasteiger partial charge in [0.15, 0.2) is 0 Å². The standard InChI is InChI=1S/C22H30O4Si/c1-22(2,3)27(19-12-8-6-9-13-19,20-14-10-7-11-15-20)26-17-18(24-4)16-21(23)25-5/h6-15,18H,16-17H2,1-5H3/t18-/m0/s1. The average Bonchev–Trinajstić information content (AvgIpc) is 2.67. The minimum absolute atomic E-state index is 0.112. The third kappa shape index (κ3) is 4.86. The SMILES string of the molecule is COC(=O)C[C@@H](CO[Si](c1ccccc1)(c1ccccc1)C(C)(C)C)OC. The molecule has 0 aliphatic rings. The molecule has 0 unspecified atom stereocenters. The van der Waals surface area contributed by atoms with E-state index in [9.17, 15) is 4.79 Å². The predicted molar refractivity (Wildman–Crippen MR) is 111 cm³/mol. The number of rotatable bonds is 8. The summed E-state index contributed by atoms with van der Waals surface area (Å²) < 4.78 is 17.1. The molecule has 0 N–H and O–H groups in total. The Hall–Kier alpha value is -1.95. The second kappa shape index (κ2) is 9.31. The fraction of sp³-hybridized carbons (Fsp3) is 0.409. The number of ether oxygens (including phenoxy) is 2. The fourth-order valence-corrected chi connectivity index (χ4v) is 8.05. The highest BCUT2D eigenvalue weighted by atomic mass is 28.4. The van der Waals surface area contributed by atoms with Crippen molar-refractivity contribution in [2.24, 2.45) is 0 Å². The van der Waals surface area contributed by atoms with E-state index < -0.39 is 8.32 Å². The lowest BCUT2D eigenvalue weighted by Crippen LogP contribution is -2.67. The summed E-state index contributed by atoms with van der Waals surface area (Å²) in [6, 6.07) is 20.8. The molecule has 0 bridgehead atoms. The van der Waals surface area contributed by atoms with E-state index in [1.807, 2.05) is 12.1 Å². The largest absolute Gasteiger partial charge is 0.469 e. The molecule has 0 radical (unpaired) electrons. The maximum atomic E-state index is 11.7. The molecule has 4 nitrogen and oxygen atoms in total. The molecule has 0 aromatic heterocycles. The molecule has 0 spiro atoms. The molecule has 0 amide bonds. The van der Waals surface area contributed by atoms with E-state index in [0.717, 1.165) is 0 Å². The molecule has 1 atom stereocenters. The summed E-state index contributed by atoms with van der Waals surface area (Å²) in [6.45, 7) is 7.00. The maximum Gasteiger partial charge on any atom is 0.308 e. The number of esters is 1. The van der Waals surface area contributed by atoms with Crippen LogP contribution in [0.3, 0.4) is 0 Å². The Kier molecular flexibility index (Phi) is 7.36. The molecule has 0 aliphatic heterocycles. The number of carbonyl (C=O) groups excluding carboxylic acids is 1. The Balaban J connectivity index is 2.47. The van der Waals surface area contributed by atoms with Gasteiger partial charge in [-0.3, -0.25) is 4.79 Å². The van der Waals surface area contributed by atoms with E-state index in [0.29, 0.717) is 6.61 Å². The zero-order chi connectivity index (χ0) is 19.9. The summed E-state index contributed by atoms with van der Waals surface area (Å²) in [5.41, 5.74) is 0. The highest BCUT2D eigenvalue weighted by molar-refractivity contribution is 6.99. The molecule has 2 aromatic carbocycles. The average molecular weight is 387 g/mol. The number of benzene rings is 2. The second-order valence-corrected chi connectivity index (χ2v) is 11.9. The number of hydrogen-bond donors (Lipinski definition) is 0. The Morgan fingerprint density at radius 3 is 1.78 bits per heavy atom. The van der Waals surface area contributed by atoms with Gasteiger partial charge in [-0.25, -0.2) is 0 Å². The van der Waals surface area contributed by atoms with Crippen LogP contribution in [0.1, 0.15) is 27.2 Å². The lowest BCUT2D eigenvalue weighted by Gasteiger charge is -2.43. The Labute approximate surface area is 163 Å². The summed E-state index contributed by atoms with van der Waals surface area (Å²) >= 11 is 0. The van der Waals surface area contributed by atoms with Gasteiger partial charge in [-0.1, -0.05) is 81.4 Å². The van der Waals surface area contributed by atoms with Crippen LogP contribution in [0, 0.1) is 0 Å². The van der Waals surface area contributed by atoms with Gasteiger partial charge in [0.05, 0.1) is 26.2 Å². The van der Waals surface area contributed by atoms with Crippen LogP contribution in [0.25, 0.3) is 0 Å². The topological polar surface area (TPSA) is 44.8 Å². The molecule has 0 aliphatic carbocycles. The van der Waals surface area contributed by atoms with Crippen LogP contribution in [-0.4, -0.2) is 41.2 Å². The molecule has 27 heavy (non-hydrogen) atoms. The lowest BCUT2D eigenvalue weighted by atomic mass is 10.2. The van der Waals surface area contributed by atoms with Crippen LogP contribution in [0.4, 0.5) is 0 Å². The van der Waals surface area contributed by atoms with Crippen LogP contribution >= 0.6 is 0 Å². The quantitative estimate of drug-likeness (QED) is 0.516. The molecule has 146 valence electrons. The molecule has 0 saturated heterocycles. The van der Waals surface area contributed by atoms with Crippen molar-refractivity contribution in [1.82, 2.24) is 0 Å². The zero-order valence-electron chi connectivity index (χ0n) is 16.9. The van der Waals surface area contributed by atoms with Gasteiger partial charge in [0.2, 0.25) is 0 Å². The van der Waals surface area contributed by atoms with E-state index in [1.54, 1.807) is 7.11 Å². The third-order valence-electron chi connectivity index (χ3n) is 4.86. The predicted octanol–water partition coefficient (Wildman–Crippen LogP) is 3.14. The van der Waals surface area contributed by atoms with E-state index >= 15 is 0 Å². The summed E-state index contributed by atoms with van der Waals surface area (Å²) in [7, 11) is 0.365. The number of methoxy groups -OCH3 is 2.